The molecule has 0 aliphatic rings. The van der Waals surface area contributed by atoms with Crippen LogP contribution in [0, 0.1) is 0 Å². The first-order valence-corrected chi connectivity index (χ1v) is 10.7. The fraction of sp³-hybridized carbons (Fsp3) is 0.0769. The maximum absolute atomic E-state index is 12.9. The van der Waals surface area contributed by atoms with Crippen molar-refractivity contribution in [2.75, 3.05) is 0 Å². The fourth-order valence-corrected chi connectivity index (χ4v) is 4.10. The molecule has 0 aliphatic carbocycles. The molecule has 2 aromatic rings. The normalized spacial score (nSPS) is 11.9. The second-order valence-electron chi connectivity index (χ2n) is 3.83. The molecule has 0 heterocycles. The monoisotopic (exact) mass is 410 g/mol. The molecular weight excluding hydrogens is 404 g/mol. The summed E-state index contributed by atoms with van der Waals surface area (Å²) in [4.78, 5) is 0. The van der Waals surface area contributed by atoms with E-state index < -0.39 is 17.1 Å². The molecule has 0 saturated carbocycles. The quantitative estimate of drug-likeness (QED) is 0.524. The van der Waals surface area contributed by atoms with E-state index in [2.05, 4.69) is 31.0 Å². The van der Waals surface area contributed by atoms with E-state index in [-0.39, 0.29) is 5.30 Å². The first kappa shape index (κ1) is 15.0. The molecule has 0 radical (unpaired) electrons. The van der Waals surface area contributed by atoms with Gasteiger partial charge >= 0.3 is 6.18 Å². The molecule has 2 rings (SSSR count). The lowest BCUT2D eigenvalue weighted by molar-refractivity contribution is -0.136. The smallest absolute Gasteiger partial charge is 0.166 e. The molecule has 0 atom stereocenters. The third-order valence-electron chi connectivity index (χ3n) is 2.59. The lowest BCUT2D eigenvalue weighted by Gasteiger charge is -2.15. The Kier molecular flexibility index (Phi) is 4.70. The van der Waals surface area contributed by atoms with Gasteiger partial charge < -0.3 is 0 Å². The van der Waals surface area contributed by atoms with E-state index in [0.29, 0.717) is 0 Å². The molecule has 0 bridgehead atoms. The molecule has 0 spiro atoms. The first-order valence-electron chi connectivity index (χ1n) is 5.28. The zero-order valence-corrected chi connectivity index (χ0v) is 13.5. The molecule has 0 amide bonds. The summed E-state index contributed by atoms with van der Waals surface area (Å²) in [7, 11) is 0. The van der Waals surface area contributed by atoms with Gasteiger partial charge in [0, 0.05) is 5.30 Å². The SMILES string of the molecule is FC(F)(F)c1ccc(-c2ccccc2)cc1P(Br)Br. The summed E-state index contributed by atoms with van der Waals surface area (Å²) in [5.74, 6) is 0. The van der Waals surface area contributed by atoms with Crippen LogP contribution in [0.3, 0.4) is 0 Å². The molecule has 0 aromatic heterocycles. The molecule has 19 heavy (non-hydrogen) atoms. The van der Waals surface area contributed by atoms with Gasteiger partial charge in [0.1, 0.15) is 0 Å². The standard InChI is InChI=1S/C13H8Br2F3P/c14-19(15)12-8-10(9-4-2-1-3-5-9)6-7-11(12)13(16,17)18/h1-8H. The highest BCUT2D eigenvalue weighted by atomic mass is 79.9. The van der Waals surface area contributed by atoms with Gasteiger partial charge in [-0.2, -0.15) is 13.2 Å². The van der Waals surface area contributed by atoms with Gasteiger partial charge in [0.2, 0.25) is 0 Å². The fourth-order valence-electron chi connectivity index (χ4n) is 1.72. The summed E-state index contributed by atoms with van der Waals surface area (Å²) in [6.45, 7) is 0. The van der Waals surface area contributed by atoms with Gasteiger partial charge in [0.15, 0.2) is 0 Å². The average molecular weight is 412 g/mol. The summed E-state index contributed by atoms with van der Waals surface area (Å²) >= 11 is 6.43. The number of hydrogen-bond acceptors (Lipinski definition) is 0. The maximum Gasteiger partial charge on any atom is 0.417 e. The number of rotatable bonds is 2. The van der Waals surface area contributed by atoms with Crippen molar-refractivity contribution in [3.63, 3.8) is 0 Å². The van der Waals surface area contributed by atoms with Gasteiger partial charge in [-0.1, -0.05) is 36.4 Å². The Balaban J connectivity index is 2.55. The Hall–Kier alpha value is -0.380. The lowest BCUT2D eigenvalue weighted by atomic mass is 10.0. The molecule has 0 aliphatic heterocycles. The van der Waals surface area contributed by atoms with E-state index in [1.807, 2.05) is 30.3 Å². The second kappa shape index (κ2) is 5.94. The van der Waals surface area contributed by atoms with Gasteiger partial charge in [-0.05, 0) is 54.2 Å². The van der Waals surface area contributed by atoms with E-state index in [1.54, 1.807) is 6.07 Å². The number of hydrogen-bond donors (Lipinski definition) is 0. The molecule has 0 saturated heterocycles. The zero-order valence-electron chi connectivity index (χ0n) is 9.46. The van der Waals surface area contributed by atoms with Crippen LogP contribution in [-0.4, -0.2) is 0 Å². The molecular formula is C13H8Br2F3P. The Morgan fingerprint density at radius 2 is 1.47 bits per heavy atom. The lowest BCUT2D eigenvalue weighted by Crippen LogP contribution is -2.16. The molecule has 0 fully saturated rings. The Morgan fingerprint density at radius 1 is 0.842 bits per heavy atom. The third-order valence-corrected chi connectivity index (χ3v) is 5.62. The number of alkyl halides is 3. The van der Waals surface area contributed by atoms with E-state index in [0.717, 1.165) is 17.2 Å². The van der Waals surface area contributed by atoms with Crippen molar-refractivity contribution >= 4 is 41.6 Å². The van der Waals surface area contributed by atoms with Crippen LogP contribution in [0.2, 0.25) is 0 Å². The minimum atomic E-state index is -4.34. The summed E-state index contributed by atoms with van der Waals surface area (Å²) in [5.41, 5.74) is 1.07. The van der Waals surface area contributed by atoms with Gasteiger partial charge in [0.05, 0.1) is 10.9 Å². The van der Waals surface area contributed by atoms with Gasteiger partial charge in [0.25, 0.3) is 0 Å². The van der Waals surface area contributed by atoms with Crippen LogP contribution in [0.1, 0.15) is 5.56 Å². The van der Waals surface area contributed by atoms with Gasteiger partial charge in [-0.15, -0.1) is 0 Å². The number of halogens is 5. The Bertz CT molecular complexity index is 568. The highest BCUT2D eigenvalue weighted by molar-refractivity contribution is 9.70. The van der Waals surface area contributed by atoms with Crippen molar-refractivity contribution in [3.8, 4) is 11.1 Å². The van der Waals surface area contributed by atoms with Crippen molar-refractivity contribution in [1.82, 2.24) is 0 Å². The maximum atomic E-state index is 12.9. The minimum Gasteiger partial charge on any atom is -0.166 e. The van der Waals surface area contributed by atoms with Crippen LogP contribution in [-0.2, 0) is 6.18 Å². The largest absolute Gasteiger partial charge is 0.417 e. The topological polar surface area (TPSA) is 0 Å². The minimum absolute atomic E-state index is 0.240. The highest BCUT2D eigenvalue weighted by Gasteiger charge is 2.34. The number of benzene rings is 2. The average Bonchev–Trinajstić information content (AvgIpc) is 2.38. The Morgan fingerprint density at radius 3 is 2.00 bits per heavy atom. The van der Waals surface area contributed by atoms with Gasteiger partial charge in [-0.3, -0.25) is 0 Å². The highest BCUT2D eigenvalue weighted by Crippen LogP contribution is 2.53. The van der Waals surface area contributed by atoms with Crippen LogP contribution in [0.5, 0.6) is 0 Å². The van der Waals surface area contributed by atoms with Crippen LogP contribution >= 0.6 is 36.3 Å². The van der Waals surface area contributed by atoms with Crippen LogP contribution in [0.25, 0.3) is 11.1 Å². The zero-order chi connectivity index (χ0) is 14.0. The predicted octanol–water partition coefficient (Wildman–Crippen LogP) is 6.10. The molecule has 100 valence electrons. The summed E-state index contributed by atoms with van der Waals surface area (Å²) < 4.78 is 38.7. The molecule has 6 heteroatoms. The van der Waals surface area contributed by atoms with E-state index in [1.165, 1.54) is 6.07 Å². The van der Waals surface area contributed by atoms with Crippen molar-refractivity contribution in [2.45, 2.75) is 6.18 Å². The van der Waals surface area contributed by atoms with E-state index in [9.17, 15) is 13.2 Å². The first-order chi connectivity index (χ1) is 8.89. The van der Waals surface area contributed by atoms with Crippen molar-refractivity contribution in [1.29, 1.82) is 0 Å². The summed E-state index contributed by atoms with van der Waals surface area (Å²) in [6, 6.07) is 13.5. The van der Waals surface area contributed by atoms with Gasteiger partial charge in [-0.25, -0.2) is 0 Å². The molecule has 0 N–H and O–H groups in total. The van der Waals surface area contributed by atoms with Crippen LogP contribution in [0.15, 0.2) is 48.5 Å². The third kappa shape index (κ3) is 3.59. The van der Waals surface area contributed by atoms with Crippen molar-refractivity contribution in [3.05, 3.63) is 54.1 Å². The van der Waals surface area contributed by atoms with Crippen molar-refractivity contribution < 1.29 is 13.2 Å². The molecule has 2 aromatic carbocycles. The van der Waals surface area contributed by atoms with E-state index >= 15 is 0 Å². The van der Waals surface area contributed by atoms with E-state index in [4.69, 9.17) is 0 Å². The second-order valence-corrected chi connectivity index (χ2v) is 11.9. The van der Waals surface area contributed by atoms with Crippen LogP contribution in [0.4, 0.5) is 13.2 Å². The van der Waals surface area contributed by atoms with Crippen molar-refractivity contribution in [2.24, 2.45) is 0 Å². The predicted molar refractivity (Wildman–Crippen MR) is 81.3 cm³/mol. The molecule has 0 nitrogen and oxygen atoms in total. The summed E-state index contributed by atoms with van der Waals surface area (Å²) in [6.07, 6.45) is -4.34. The Labute approximate surface area is 126 Å². The molecule has 0 unspecified atom stereocenters. The summed E-state index contributed by atoms with van der Waals surface area (Å²) in [5, 5.41) is -0.943. The van der Waals surface area contributed by atoms with Crippen LogP contribution < -0.4 is 5.30 Å².